The van der Waals surface area contributed by atoms with E-state index in [2.05, 4.69) is 28.4 Å². The van der Waals surface area contributed by atoms with Gasteiger partial charge in [-0.2, -0.15) is 0 Å². The molecule has 0 amide bonds. The molecule has 0 aromatic heterocycles. The first-order valence-electron chi connectivity index (χ1n) is 9.22. The zero-order chi connectivity index (χ0) is 16.8. The summed E-state index contributed by atoms with van der Waals surface area (Å²) in [4.78, 5) is 2.45. The summed E-state index contributed by atoms with van der Waals surface area (Å²) in [5, 5.41) is 14.7. The fraction of sp³-hybridized carbons (Fsp3) is 0.600. The van der Waals surface area contributed by atoms with Crippen molar-refractivity contribution in [1.82, 2.24) is 10.2 Å². The maximum Gasteiger partial charge on any atom is 0.118 e. The first-order chi connectivity index (χ1) is 11.7. The van der Waals surface area contributed by atoms with E-state index in [0.717, 1.165) is 75.3 Å². The van der Waals surface area contributed by atoms with Crippen LogP contribution in [0.2, 0.25) is 0 Å². The summed E-state index contributed by atoms with van der Waals surface area (Å²) >= 11 is 0. The molecule has 2 fully saturated rings. The summed E-state index contributed by atoms with van der Waals surface area (Å²) in [6.45, 7) is 5.16. The van der Waals surface area contributed by atoms with Gasteiger partial charge in [0, 0.05) is 32.7 Å². The van der Waals surface area contributed by atoms with Crippen LogP contribution >= 0.6 is 0 Å². The highest BCUT2D eigenvalue weighted by atomic mass is 16.5. The van der Waals surface area contributed by atoms with Gasteiger partial charge in [0.2, 0.25) is 0 Å². The smallest absolute Gasteiger partial charge is 0.118 e. The Morgan fingerprint density at radius 1 is 1.17 bits per heavy atom. The van der Waals surface area contributed by atoms with Gasteiger partial charge in [0.05, 0.1) is 12.7 Å². The molecule has 1 heterocycles. The Balaban J connectivity index is 1.84. The van der Waals surface area contributed by atoms with Crippen LogP contribution in [0, 0.1) is 0 Å². The van der Waals surface area contributed by atoms with E-state index in [9.17, 15) is 5.11 Å². The van der Waals surface area contributed by atoms with Crippen molar-refractivity contribution >= 4 is 5.57 Å². The zero-order valence-electron chi connectivity index (χ0n) is 14.8. The third-order valence-electron chi connectivity index (χ3n) is 5.35. The van der Waals surface area contributed by atoms with E-state index >= 15 is 0 Å². The van der Waals surface area contributed by atoms with Crippen molar-refractivity contribution in [3.05, 3.63) is 35.9 Å². The highest BCUT2D eigenvalue weighted by Gasteiger charge is 2.34. The first kappa shape index (κ1) is 17.5. The number of methoxy groups -OCH3 is 1. The lowest BCUT2D eigenvalue weighted by atomic mass is 9.76. The van der Waals surface area contributed by atoms with Crippen LogP contribution in [0.3, 0.4) is 0 Å². The second-order valence-corrected chi connectivity index (χ2v) is 6.99. The summed E-state index contributed by atoms with van der Waals surface area (Å²) in [5.41, 5.74) is 1.54. The molecule has 2 N–H and O–H groups in total. The minimum absolute atomic E-state index is 0.680. The minimum Gasteiger partial charge on any atom is -0.497 e. The van der Waals surface area contributed by atoms with Gasteiger partial charge in [0.1, 0.15) is 5.75 Å². The third-order valence-corrected chi connectivity index (χ3v) is 5.35. The highest BCUT2D eigenvalue weighted by molar-refractivity contribution is 5.72. The van der Waals surface area contributed by atoms with Crippen molar-refractivity contribution in [2.75, 3.05) is 39.8 Å². The van der Waals surface area contributed by atoms with Gasteiger partial charge in [-0.25, -0.2) is 0 Å². The van der Waals surface area contributed by atoms with Crippen LogP contribution in [0.5, 0.6) is 5.75 Å². The number of nitrogens with zero attached hydrogens (tertiary/aromatic N) is 1. The Hall–Kier alpha value is -1.36. The molecule has 24 heavy (non-hydrogen) atoms. The number of rotatable bonds is 5. The third kappa shape index (κ3) is 4.18. The summed E-state index contributed by atoms with van der Waals surface area (Å²) in [5.74, 6) is 0.857. The fourth-order valence-electron chi connectivity index (χ4n) is 3.87. The zero-order valence-corrected chi connectivity index (χ0v) is 14.8. The van der Waals surface area contributed by atoms with E-state index in [-0.39, 0.29) is 0 Å². The summed E-state index contributed by atoms with van der Waals surface area (Å²) < 4.78 is 5.28. The molecule has 0 bridgehead atoms. The van der Waals surface area contributed by atoms with Gasteiger partial charge in [0.25, 0.3) is 0 Å². The highest BCUT2D eigenvalue weighted by Crippen LogP contribution is 2.39. The molecule has 1 saturated carbocycles. The van der Waals surface area contributed by atoms with Crippen molar-refractivity contribution in [2.24, 2.45) is 0 Å². The number of hydrogen-bond acceptors (Lipinski definition) is 4. The average molecular weight is 330 g/mol. The largest absolute Gasteiger partial charge is 0.497 e. The Kier molecular flexibility index (Phi) is 5.93. The molecule has 132 valence electrons. The maximum absolute atomic E-state index is 11.3. The maximum atomic E-state index is 11.3. The van der Waals surface area contributed by atoms with Gasteiger partial charge >= 0.3 is 0 Å². The molecule has 0 atom stereocenters. The lowest BCUT2D eigenvalue weighted by Gasteiger charge is -2.36. The lowest BCUT2D eigenvalue weighted by molar-refractivity contribution is 0.0610. The van der Waals surface area contributed by atoms with Crippen LogP contribution in [-0.4, -0.2) is 55.4 Å². The quantitative estimate of drug-likeness (QED) is 0.871. The van der Waals surface area contributed by atoms with Gasteiger partial charge in [-0.3, -0.25) is 4.90 Å². The van der Waals surface area contributed by atoms with E-state index in [0.29, 0.717) is 0 Å². The van der Waals surface area contributed by atoms with Crippen LogP contribution in [0.15, 0.2) is 30.3 Å². The standard InChI is InChI=1S/C20H30N2O2/c1-24-18-7-5-17(6-8-18)19(20(23)10-3-2-4-11-20)9-14-22-15-12-21-13-16-22/h5-9,21,23H,2-4,10-16H2,1H3. The first-order valence-corrected chi connectivity index (χ1v) is 9.22. The number of hydrogen-bond donors (Lipinski definition) is 2. The summed E-state index contributed by atoms with van der Waals surface area (Å²) in [6.07, 6.45) is 7.45. The van der Waals surface area contributed by atoms with E-state index in [1.807, 2.05) is 12.1 Å². The predicted octanol–water partition coefficient (Wildman–Crippen LogP) is 2.68. The van der Waals surface area contributed by atoms with Crippen molar-refractivity contribution in [3.8, 4) is 5.75 Å². The van der Waals surface area contributed by atoms with Gasteiger partial charge in [-0.15, -0.1) is 0 Å². The van der Waals surface area contributed by atoms with Crippen molar-refractivity contribution in [2.45, 2.75) is 37.7 Å². The van der Waals surface area contributed by atoms with Crippen LogP contribution in [-0.2, 0) is 0 Å². The van der Waals surface area contributed by atoms with Crippen LogP contribution in [0.4, 0.5) is 0 Å². The molecule has 0 unspecified atom stereocenters. The molecule has 4 heteroatoms. The second kappa shape index (κ2) is 8.15. The molecular weight excluding hydrogens is 300 g/mol. The van der Waals surface area contributed by atoms with E-state index in [4.69, 9.17) is 4.74 Å². The van der Waals surface area contributed by atoms with E-state index in [1.54, 1.807) is 7.11 Å². The second-order valence-electron chi connectivity index (χ2n) is 6.99. The Bertz CT molecular complexity index is 541. The Morgan fingerprint density at radius 3 is 2.46 bits per heavy atom. The van der Waals surface area contributed by atoms with Gasteiger partial charge in [0.15, 0.2) is 0 Å². The normalized spacial score (nSPS) is 22.3. The predicted molar refractivity (Wildman–Crippen MR) is 98.3 cm³/mol. The number of piperazine rings is 1. The monoisotopic (exact) mass is 330 g/mol. The Morgan fingerprint density at radius 2 is 1.83 bits per heavy atom. The summed E-state index contributed by atoms with van der Waals surface area (Å²) in [6, 6.07) is 8.13. The van der Waals surface area contributed by atoms with Crippen molar-refractivity contribution < 1.29 is 9.84 Å². The molecule has 1 aromatic rings. The molecule has 2 aliphatic rings. The SMILES string of the molecule is COc1ccc(C(=CCN2CCNCC2)C2(O)CCCCC2)cc1. The van der Waals surface area contributed by atoms with Crippen molar-refractivity contribution in [1.29, 1.82) is 0 Å². The molecule has 3 rings (SSSR count). The van der Waals surface area contributed by atoms with Gasteiger partial charge in [-0.1, -0.05) is 37.5 Å². The van der Waals surface area contributed by atoms with E-state index < -0.39 is 5.60 Å². The van der Waals surface area contributed by atoms with E-state index in [1.165, 1.54) is 6.42 Å². The number of aliphatic hydroxyl groups is 1. The van der Waals surface area contributed by atoms with Gasteiger partial charge in [-0.05, 0) is 36.1 Å². The molecule has 1 aliphatic heterocycles. The molecule has 4 nitrogen and oxygen atoms in total. The lowest BCUT2D eigenvalue weighted by Crippen LogP contribution is -2.43. The number of ether oxygens (including phenoxy) is 1. The molecule has 1 saturated heterocycles. The minimum atomic E-state index is -0.680. The average Bonchev–Trinajstić information content (AvgIpc) is 2.64. The number of nitrogens with one attached hydrogen (secondary N) is 1. The van der Waals surface area contributed by atoms with Crippen LogP contribution in [0.25, 0.3) is 5.57 Å². The fourth-order valence-corrected chi connectivity index (χ4v) is 3.87. The van der Waals surface area contributed by atoms with Crippen LogP contribution in [0.1, 0.15) is 37.7 Å². The molecule has 1 aromatic carbocycles. The van der Waals surface area contributed by atoms with Crippen molar-refractivity contribution in [3.63, 3.8) is 0 Å². The topological polar surface area (TPSA) is 44.7 Å². The molecule has 0 spiro atoms. The van der Waals surface area contributed by atoms with Gasteiger partial charge < -0.3 is 15.2 Å². The van der Waals surface area contributed by atoms with Crippen LogP contribution < -0.4 is 10.1 Å². The number of benzene rings is 1. The molecular formula is C20H30N2O2. The Labute approximate surface area is 145 Å². The summed E-state index contributed by atoms with van der Waals surface area (Å²) in [7, 11) is 1.69. The molecule has 1 aliphatic carbocycles. The molecule has 0 radical (unpaired) electrons.